The van der Waals surface area contributed by atoms with Crippen molar-refractivity contribution in [3.05, 3.63) is 0 Å². The van der Waals surface area contributed by atoms with Crippen LogP contribution < -0.4 is 10.6 Å². The van der Waals surface area contributed by atoms with Gasteiger partial charge in [0.1, 0.15) is 6.04 Å². The van der Waals surface area contributed by atoms with Crippen molar-refractivity contribution in [3.63, 3.8) is 0 Å². The molecule has 108 valence electrons. The summed E-state index contributed by atoms with van der Waals surface area (Å²) in [5.74, 6) is -2.10. The maximum Gasteiger partial charge on any atom is 0.326 e. The summed E-state index contributed by atoms with van der Waals surface area (Å²) in [6.07, 6.45) is 1.66. The predicted molar refractivity (Wildman–Crippen MR) is 66.4 cm³/mol. The summed E-state index contributed by atoms with van der Waals surface area (Å²) in [7, 11) is 1.24. The highest BCUT2D eigenvalue weighted by molar-refractivity contribution is 5.85. The topological polar surface area (TPSA) is 105 Å². The van der Waals surface area contributed by atoms with Crippen molar-refractivity contribution in [2.45, 2.75) is 31.7 Å². The Balaban J connectivity index is 2.45. The second kappa shape index (κ2) is 7.73. The Kier molecular flexibility index (Phi) is 6.27. The minimum Gasteiger partial charge on any atom is -0.480 e. The molecule has 7 heteroatoms. The van der Waals surface area contributed by atoms with E-state index in [0.29, 0.717) is 6.54 Å². The van der Waals surface area contributed by atoms with Gasteiger partial charge in [-0.15, -0.1) is 0 Å². The number of methoxy groups -OCH3 is 1. The van der Waals surface area contributed by atoms with Crippen molar-refractivity contribution in [2.24, 2.45) is 5.92 Å². The summed E-state index contributed by atoms with van der Waals surface area (Å²) in [5, 5.41) is 14.6. The van der Waals surface area contributed by atoms with Gasteiger partial charge in [0, 0.05) is 13.0 Å². The molecular formula is C12H20N2O5. The number of amides is 1. The van der Waals surface area contributed by atoms with Crippen molar-refractivity contribution in [2.75, 3.05) is 20.2 Å². The van der Waals surface area contributed by atoms with E-state index in [1.807, 2.05) is 0 Å². The van der Waals surface area contributed by atoms with Crippen LogP contribution in [0.4, 0.5) is 0 Å². The van der Waals surface area contributed by atoms with Gasteiger partial charge in [-0.25, -0.2) is 4.79 Å². The third-order valence-electron chi connectivity index (χ3n) is 3.15. The van der Waals surface area contributed by atoms with Crippen LogP contribution >= 0.6 is 0 Å². The van der Waals surface area contributed by atoms with E-state index in [0.717, 1.165) is 19.4 Å². The monoisotopic (exact) mass is 272 g/mol. The molecule has 2 atom stereocenters. The zero-order chi connectivity index (χ0) is 14.3. The standard InChI is InChI=1S/C12H20N2O5/c1-19-10(15)5-4-9(12(17)18)14-11(16)8-3-2-6-13-7-8/h8-9,13H,2-7H2,1H3,(H,14,16)(H,17,18)/t8-,9+/m1/s1. The van der Waals surface area contributed by atoms with Crippen molar-refractivity contribution in [1.29, 1.82) is 0 Å². The molecule has 0 bridgehead atoms. The third kappa shape index (κ3) is 5.25. The molecular weight excluding hydrogens is 252 g/mol. The van der Waals surface area contributed by atoms with Crippen molar-refractivity contribution < 1.29 is 24.2 Å². The number of ether oxygens (including phenoxy) is 1. The number of carboxylic acid groups (broad SMARTS) is 1. The van der Waals surface area contributed by atoms with Crippen molar-refractivity contribution in [1.82, 2.24) is 10.6 Å². The molecule has 1 rings (SSSR count). The summed E-state index contributed by atoms with van der Waals surface area (Å²) in [5.41, 5.74) is 0. The molecule has 0 aliphatic carbocycles. The number of aliphatic carboxylic acids is 1. The highest BCUT2D eigenvalue weighted by Gasteiger charge is 2.26. The number of carboxylic acids is 1. The van der Waals surface area contributed by atoms with Crippen LogP contribution in [0, 0.1) is 5.92 Å². The van der Waals surface area contributed by atoms with Crippen molar-refractivity contribution in [3.8, 4) is 0 Å². The lowest BCUT2D eigenvalue weighted by Crippen LogP contribution is -2.47. The van der Waals surface area contributed by atoms with E-state index in [4.69, 9.17) is 5.11 Å². The SMILES string of the molecule is COC(=O)CC[C@H](NC(=O)[C@@H]1CCCNC1)C(=O)O. The van der Waals surface area contributed by atoms with E-state index in [2.05, 4.69) is 15.4 Å². The molecule has 1 aliphatic heterocycles. The fraction of sp³-hybridized carbons (Fsp3) is 0.750. The zero-order valence-corrected chi connectivity index (χ0v) is 11.0. The Morgan fingerprint density at radius 1 is 1.47 bits per heavy atom. The second-order valence-corrected chi connectivity index (χ2v) is 4.56. The number of nitrogens with one attached hydrogen (secondary N) is 2. The maximum absolute atomic E-state index is 11.9. The largest absolute Gasteiger partial charge is 0.480 e. The Bertz CT molecular complexity index is 339. The fourth-order valence-electron chi connectivity index (χ4n) is 1.99. The van der Waals surface area contributed by atoms with Crippen LogP contribution in [-0.2, 0) is 19.1 Å². The highest BCUT2D eigenvalue weighted by atomic mass is 16.5. The van der Waals surface area contributed by atoms with Gasteiger partial charge in [-0.05, 0) is 25.8 Å². The van der Waals surface area contributed by atoms with Gasteiger partial charge in [0.2, 0.25) is 5.91 Å². The molecule has 0 unspecified atom stereocenters. The maximum atomic E-state index is 11.9. The summed E-state index contributed by atoms with van der Waals surface area (Å²) >= 11 is 0. The molecule has 0 aromatic heterocycles. The van der Waals surface area contributed by atoms with Gasteiger partial charge < -0.3 is 20.5 Å². The van der Waals surface area contributed by atoms with Crippen LogP contribution in [-0.4, -0.2) is 49.2 Å². The van der Waals surface area contributed by atoms with Gasteiger partial charge in [0.05, 0.1) is 13.0 Å². The van der Waals surface area contributed by atoms with Crippen LogP contribution in [0.15, 0.2) is 0 Å². The minimum atomic E-state index is -1.14. The number of hydrogen-bond donors (Lipinski definition) is 3. The van der Waals surface area contributed by atoms with Gasteiger partial charge in [0.15, 0.2) is 0 Å². The van der Waals surface area contributed by atoms with Crippen LogP contribution in [0.1, 0.15) is 25.7 Å². The lowest BCUT2D eigenvalue weighted by atomic mass is 9.98. The number of hydrogen-bond acceptors (Lipinski definition) is 5. The van der Waals surface area contributed by atoms with Gasteiger partial charge in [-0.3, -0.25) is 9.59 Å². The van der Waals surface area contributed by atoms with E-state index in [9.17, 15) is 14.4 Å². The molecule has 1 amide bonds. The first-order valence-corrected chi connectivity index (χ1v) is 6.35. The van der Waals surface area contributed by atoms with E-state index in [1.165, 1.54) is 7.11 Å². The molecule has 3 N–H and O–H groups in total. The van der Waals surface area contributed by atoms with Crippen molar-refractivity contribution >= 4 is 17.8 Å². The lowest BCUT2D eigenvalue weighted by molar-refractivity contribution is -0.144. The molecule has 1 fully saturated rings. The molecule has 19 heavy (non-hydrogen) atoms. The average Bonchev–Trinajstić information content (AvgIpc) is 2.43. The fourth-order valence-corrected chi connectivity index (χ4v) is 1.99. The molecule has 0 aromatic rings. The predicted octanol–water partition coefficient (Wildman–Crippen LogP) is -0.491. The van der Waals surface area contributed by atoms with Crippen LogP contribution in [0.3, 0.4) is 0 Å². The number of carbonyl (C=O) groups excluding carboxylic acids is 2. The first-order valence-electron chi connectivity index (χ1n) is 6.35. The van der Waals surface area contributed by atoms with Crippen LogP contribution in [0.2, 0.25) is 0 Å². The zero-order valence-electron chi connectivity index (χ0n) is 11.0. The van der Waals surface area contributed by atoms with E-state index < -0.39 is 18.0 Å². The van der Waals surface area contributed by atoms with Gasteiger partial charge in [-0.1, -0.05) is 0 Å². The Morgan fingerprint density at radius 2 is 2.21 bits per heavy atom. The lowest BCUT2D eigenvalue weighted by Gasteiger charge is -2.23. The normalized spacial score (nSPS) is 20.4. The first kappa shape index (κ1) is 15.4. The van der Waals surface area contributed by atoms with Gasteiger partial charge in [-0.2, -0.15) is 0 Å². The van der Waals surface area contributed by atoms with Gasteiger partial charge >= 0.3 is 11.9 Å². The highest BCUT2D eigenvalue weighted by Crippen LogP contribution is 2.11. The third-order valence-corrected chi connectivity index (χ3v) is 3.15. The van der Waals surface area contributed by atoms with E-state index in [-0.39, 0.29) is 24.7 Å². The summed E-state index contributed by atoms with van der Waals surface area (Å²) in [6, 6.07) is -1.05. The average molecular weight is 272 g/mol. The number of esters is 1. The quantitative estimate of drug-likeness (QED) is 0.563. The van der Waals surface area contributed by atoms with Crippen LogP contribution in [0.25, 0.3) is 0 Å². The molecule has 0 aromatic carbocycles. The first-order chi connectivity index (χ1) is 9.04. The van der Waals surface area contributed by atoms with E-state index >= 15 is 0 Å². The van der Waals surface area contributed by atoms with Crippen LogP contribution in [0.5, 0.6) is 0 Å². The van der Waals surface area contributed by atoms with E-state index in [1.54, 1.807) is 0 Å². The smallest absolute Gasteiger partial charge is 0.326 e. The molecule has 1 aliphatic rings. The number of carbonyl (C=O) groups is 3. The Labute approximate surface area is 111 Å². The van der Waals surface area contributed by atoms with Gasteiger partial charge in [0.25, 0.3) is 0 Å². The molecule has 0 saturated carbocycles. The number of rotatable bonds is 6. The number of piperidine rings is 1. The molecule has 7 nitrogen and oxygen atoms in total. The molecule has 1 heterocycles. The molecule has 1 saturated heterocycles. The molecule has 0 radical (unpaired) electrons. The summed E-state index contributed by atoms with van der Waals surface area (Å²) < 4.78 is 4.45. The Hall–Kier alpha value is -1.63. The Morgan fingerprint density at radius 3 is 2.74 bits per heavy atom. The second-order valence-electron chi connectivity index (χ2n) is 4.56. The summed E-state index contributed by atoms with van der Waals surface area (Å²) in [4.78, 5) is 33.9. The summed E-state index contributed by atoms with van der Waals surface area (Å²) in [6.45, 7) is 1.45. The minimum absolute atomic E-state index is 0.0311. The molecule has 0 spiro atoms.